The van der Waals surface area contributed by atoms with Crippen molar-refractivity contribution >= 4 is 23.1 Å². The Bertz CT molecular complexity index is 584. The van der Waals surface area contributed by atoms with Crippen LogP contribution in [-0.2, 0) is 6.18 Å². The Morgan fingerprint density at radius 2 is 2.00 bits per heavy atom. The van der Waals surface area contributed by atoms with Gasteiger partial charge in [-0.15, -0.1) is 11.8 Å². The van der Waals surface area contributed by atoms with E-state index in [2.05, 4.69) is 5.32 Å². The van der Waals surface area contributed by atoms with Crippen LogP contribution in [0.5, 0.6) is 0 Å². The lowest BCUT2D eigenvalue weighted by atomic mass is 10.0. The molecule has 1 aromatic rings. The number of hydrogen-bond acceptors (Lipinski definition) is 4. The molecule has 0 saturated carbocycles. The number of nitrogens with two attached hydrogens (primary N) is 1. The van der Waals surface area contributed by atoms with Gasteiger partial charge in [-0.2, -0.15) is 13.2 Å². The predicted molar refractivity (Wildman–Crippen MR) is 86.1 cm³/mol. The lowest BCUT2D eigenvalue weighted by Crippen LogP contribution is -2.38. The molecule has 3 nitrogen and oxygen atoms in total. The molecule has 0 spiro atoms. The average molecular weight is 331 g/mol. The van der Waals surface area contributed by atoms with E-state index in [9.17, 15) is 13.2 Å². The Hall–Kier alpha value is -1.50. The van der Waals surface area contributed by atoms with Gasteiger partial charge in [0.1, 0.15) is 0 Å². The third-order valence-corrected chi connectivity index (χ3v) is 4.57. The first-order valence-electron chi connectivity index (χ1n) is 7.03. The van der Waals surface area contributed by atoms with Crippen molar-refractivity contribution in [2.45, 2.75) is 32.1 Å². The standard InChI is InChI=1S/C15H20F3N3S/c1-4-5-12-20-11-7-9(6-10(8-11)15(16,17)18)13(19)14(22-3)21(12)2/h6-8,12,20H,4-5,19H2,1-3H3/b14-13-. The first-order chi connectivity index (χ1) is 10.3. The molecule has 0 radical (unpaired) electrons. The highest BCUT2D eigenvalue weighted by Gasteiger charge is 2.32. The summed E-state index contributed by atoms with van der Waals surface area (Å²) in [6.45, 7) is 2.04. The normalized spacial score (nSPS) is 22.1. The van der Waals surface area contributed by atoms with Crippen molar-refractivity contribution in [3.05, 3.63) is 34.4 Å². The van der Waals surface area contributed by atoms with E-state index in [1.54, 1.807) is 6.07 Å². The fourth-order valence-corrected chi connectivity index (χ4v) is 3.32. The average Bonchev–Trinajstić information content (AvgIpc) is 2.45. The zero-order valence-corrected chi connectivity index (χ0v) is 13.6. The van der Waals surface area contributed by atoms with Crippen LogP contribution in [-0.4, -0.2) is 24.4 Å². The van der Waals surface area contributed by atoms with Crippen molar-refractivity contribution in [1.82, 2.24) is 4.90 Å². The Morgan fingerprint density at radius 3 is 2.55 bits per heavy atom. The molecular weight excluding hydrogens is 311 g/mol. The number of rotatable bonds is 3. The molecular formula is C15H20F3N3S. The molecule has 2 rings (SSSR count). The molecule has 0 aliphatic carbocycles. The minimum atomic E-state index is -4.39. The van der Waals surface area contributed by atoms with Gasteiger partial charge in [-0.3, -0.25) is 0 Å². The van der Waals surface area contributed by atoms with Gasteiger partial charge in [0.05, 0.1) is 22.5 Å². The molecule has 2 bridgehead atoms. The SMILES string of the molecule is CCCC1Nc2cc(cc(C(F)(F)F)c2)/C(N)=C(/SC)N1C. The molecule has 7 heteroatoms. The van der Waals surface area contributed by atoms with E-state index in [1.807, 2.05) is 25.1 Å². The summed E-state index contributed by atoms with van der Waals surface area (Å²) in [4.78, 5) is 2.00. The van der Waals surface area contributed by atoms with Crippen molar-refractivity contribution in [3.63, 3.8) is 0 Å². The largest absolute Gasteiger partial charge is 0.416 e. The van der Waals surface area contributed by atoms with E-state index < -0.39 is 11.7 Å². The molecule has 3 N–H and O–H groups in total. The van der Waals surface area contributed by atoms with Crippen LogP contribution in [0.3, 0.4) is 0 Å². The topological polar surface area (TPSA) is 41.3 Å². The number of halogens is 3. The number of benzene rings is 1. The van der Waals surface area contributed by atoms with Crippen molar-refractivity contribution in [2.24, 2.45) is 5.73 Å². The number of fused-ring (bicyclic) bond motifs is 2. The molecule has 0 saturated heterocycles. The molecule has 1 heterocycles. The fraction of sp³-hybridized carbons (Fsp3) is 0.467. The molecule has 22 heavy (non-hydrogen) atoms. The molecule has 0 aromatic heterocycles. The summed E-state index contributed by atoms with van der Waals surface area (Å²) in [5.74, 6) is 0. The zero-order valence-electron chi connectivity index (χ0n) is 12.8. The first-order valence-corrected chi connectivity index (χ1v) is 8.26. The Labute approximate surface area is 132 Å². The van der Waals surface area contributed by atoms with Gasteiger partial charge in [-0.05, 0) is 30.9 Å². The molecule has 1 unspecified atom stereocenters. The zero-order chi connectivity index (χ0) is 16.5. The Balaban J connectivity index is 2.61. The number of thioether (sulfide) groups is 1. The van der Waals surface area contributed by atoms with Gasteiger partial charge in [0.25, 0.3) is 0 Å². The number of anilines is 1. The van der Waals surface area contributed by atoms with Gasteiger partial charge in [0.15, 0.2) is 0 Å². The van der Waals surface area contributed by atoms with E-state index in [0.29, 0.717) is 16.9 Å². The monoisotopic (exact) mass is 331 g/mol. The van der Waals surface area contributed by atoms with E-state index in [0.717, 1.165) is 30.0 Å². The summed E-state index contributed by atoms with van der Waals surface area (Å²) in [5.41, 5.74) is 6.68. The lowest BCUT2D eigenvalue weighted by Gasteiger charge is -2.35. The summed E-state index contributed by atoms with van der Waals surface area (Å²) in [6.07, 6.45) is -0.896. The molecule has 1 aromatic carbocycles. The second kappa shape index (κ2) is 6.32. The van der Waals surface area contributed by atoms with Gasteiger partial charge >= 0.3 is 6.18 Å². The van der Waals surface area contributed by atoms with E-state index >= 15 is 0 Å². The van der Waals surface area contributed by atoms with Crippen molar-refractivity contribution in [1.29, 1.82) is 0 Å². The van der Waals surface area contributed by atoms with E-state index in [-0.39, 0.29) is 6.17 Å². The predicted octanol–water partition coefficient (Wildman–Crippen LogP) is 4.14. The fourth-order valence-electron chi connectivity index (χ4n) is 2.57. The second-order valence-electron chi connectivity index (χ2n) is 5.28. The highest BCUT2D eigenvalue weighted by Crippen LogP contribution is 2.37. The molecule has 0 fully saturated rings. The smallest absolute Gasteiger partial charge is 0.396 e. The van der Waals surface area contributed by atoms with Crippen LogP contribution in [0, 0.1) is 0 Å². The number of alkyl halides is 3. The van der Waals surface area contributed by atoms with Gasteiger partial charge < -0.3 is 16.0 Å². The highest BCUT2D eigenvalue weighted by molar-refractivity contribution is 8.02. The van der Waals surface area contributed by atoms with Crippen LogP contribution < -0.4 is 11.1 Å². The van der Waals surface area contributed by atoms with Crippen LogP contribution in [0.2, 0.25) is 0 Å². The maximum absolute atomic E-state index is 13.1. The van der Waals surface area contributed by atoms with Crippen molar-refractivity contribution in [3.8, 4) is 0 Å². The number of nitrogens with zero attached hydrogens (tertiary/aromatic N) is 1. The first kappa shape index (κ1) is 16.9. The second-order valence-corrected chi connectivity index (χ2v) is 6.07. The minimum absolute atomic E-state index is 0.0948. The Morgan fingerprint density at radius 1 is 1.32 bits per heavy atom. The van der Waals surface area contributed by atoms with Crippen LogP contribution in [0.4, 0.5) is 18.9 Å². The van der Waals surface area contributed by atoms with Gasteiger partial charge in [0, 0.05) is 18.3 Å². The van der Waals surface area contributed by atoms with Crippen molar-refractivity contribution in [2.75, 3.05) is 18.6 Å². The van der Waals surface area contributed by atoms with Crippen LogP contribution in [0.1, 0.15) is 30.9 Å². The molecule has 1 aliphatic heterocycles. The summed E-state index contributed by atoms with van der Waals surface area (Å²) < 4.78 is 39.2. The lowest BCUT2D eigenvalue weighted by molar-refractivity contribution is -0.137. The van der Waals surface area contributed by atoms with Crippen LogP contribution in [0.15, 0.2) is 23.2 Å². The van der Waals surface area contributed by atoms with Gasteiger partial charge in [0.2, 0.25) is 0 Å². The third kappa shape index (κ3) is 3.29. The van der Waals surface area contributed by atoms with Crippen molar-refractivity contribution < 1.29 is 13.2 Å². The molecule has 1 atom stereocenters. The van der Waals surface area contributed by atoms with Gasteiger partial charge in [-0.25, -0.2) is 0 Å². The highest BCUT2D eigenvalue weighted by atomic mass is 32.2. The van der Waals surface area contributed by atoms with Gasteiger partial charge in [-0.1, -0.05) is 13.3 Å². The Kier molecular flexibility index (Phi) is 4.84. The third-order valence-electron chi connectivity index (χ3n) is 3.68. The number of nitrogens with one attached hydrogen (secondary N) is 1. The summed E-state index contributed by atoms with van der Waals surface area (Å²) >= 11 is 1.44. The number of hydrogen-bond donors (Lipinski definition) is 2. The van der Waals surface area contributed by atoms with E-state index in [4.69, 9.17) is 5.73 Å². The van der Waals surface area contributed by atoms with Crippen LogP contribution in [0.25, 0.3) is 5.70 Å². The van der Waals surface area contributed by atoms with Crippen LogP contribution >= 0.6 is 11.8 Å². The quantitative estimate of drug-likeness (QED) is 0.873. The minimum Gasteiger partial charge on any atom is -0.396 e. The molecule has 0 amide bonds. The summed E-state index contributed by atoms with van der Waals surface area (Å²) in [7, 11) is 1.91. The maximum Gasteiger partial charge on any atom is 0.416 e. The maximum atomic E-state index is 13.1. The summed E-state index contributed by atoms with van der Waals surface area (Å²) in [6, 6.07) is 3.92. The molecule has 122 valence electrons. The molecule has 1 aliphatic rings. The summed E-state index contributed by atoms with van der Waals surface area (Å²) in [5, 5.41) is 3.97. The van der Waals surface area contributed by atoms with E-state index in [1.165, 1.54) is 11.8 Å².